The van der Waals surface area contributed by atoms with Gasteiger partial charge in [-0.15, -0.1) is 0 Å². The zero-order valence-electron chi connectivity index (χ0n) is 18.6. The number of carbonyl (C=O) groups excluding carboxylic acids is 1. The molecule has 0 N–H and O–H groups in total. The first-order valence-corrected chi connectivity index (χ1v) is 11.8. The van der Waals surface area contributed by atoms with E-state index in [0.29, 0.717) is 22.7 Å². The fourth-order valence-electron chi connectivity index (χ4n) is 3.78. The molecule has 0 aromatic heterocycles. The lowest BCUT2D eigenvalue weighted by atomic mass is 10.0. The molecule has 5 rings (SSSR count). The van der Waals surface area contributed by atoms with E-state index in [9.17, 15) is 9.18 Å². The van der Waals surface area contributed by atoms with Gasteiger partial charge in [-0.2, -0.15) is 10.1 Å². The van der Waals surface area contributed by atoms with E-state index in [1.54, 1.807) is 6.07 Å². The normalized spacial score (nSPS) is 14.3. The summed E-state index contributed by atoms with van der Waals surface area (Å²) in [7, 11) is 0. The molecule has 0 fully saturated rings. The first-order valence-electron chi connectivity index (χ1n) is 11.0. The third-order valence-corrected chi connectivity index (χ3v) is 6.10. The number of hydrogen-bond donors (Lipinski definition) is 0. The Morgan fingerprint density at radius 1 is 0.886 bits per heavy atom. The average Bonchev–Trinajstić information content (AvgIpc) is 3.20. The second-order valence-corrected chi connectivity index (χ2v) is 8.79. The van der Waals surface area contributed by atoms with Crippen LogP contribution in [0.25, 0.3) is 6.08 Å². The molecule has 0 saturated heterocycles. The van der Waals surface area contributed by atoms with Gasteiger partial charge in [0.1, 0.15) is 23.9 Å². The molecule has 0 aliphatic carbocycles. The quantitative estimate of drug-likeness (QED) is 0.254. The van der Waals surface area contributed by atoms with Gasteiger partial charge in [0.05, 0.1) is 15.7 Å². The third kappa shape index (κ3) is 5.08. The monoisotopic (exact) mass is 526 g/mol. The smallest absolute Gasteiger partial charge is 0.281 e. The SMILES string of the molecule is O=C1/C(=C\c2ccc(OCc3cccc(F)c3)c(Br)c2)C(c2ccccc2)=NN1c1ccccc1. The molecule has 0 spiro atoms. The standard InChI is InChI=1S/C29H20BrFN2O2/c30-26-18-20(14-15-27(26)35-19-21-8-7-11-23(31)16-21)17-25-28(22-9-3-1-4-10-22)32-33(29(25)34)24-12-5-2-6-13-24/h1-18H,19H2/b25-17-. The van der Waals surface area contributed by atoms with Crippen molar-refractivity contribution < 1.29 is 13.9 Å². The summed E-state index contributed by atoms with van der Waals surface area (Å²) in [6, 6.07) is 30.9. The van der Waals surface area contributed by atoms with Crippen molar-refractivity contribution in [3.8, 4) is 5.75 Å². The van der Waals surface area contributed by atoms with Gasteiger partial charge in [-0.3, -0.25) is 4.79 Å². The van der Waals surface area contributed by atoms with Crippen LogP contribution in [-0.2, 0) is 11.4 Å². The second kappa shape index (κ2) is 10.1. The van der Waals surface area contributed by atoms with Gasteiger partial charge in [0, 0.05) is 5.56 Å². The summed E-state index contributed by atoms with van der Waals surface area (Å²) in [5.41, 5.74) is 4.24. The largest absolute Gasteiger partial charge is 0.488 e. The summed E-state index contributed by atoms with van der Waals surface area (Å²) in [6.45, 7) is 0.242. The number of nitrogens with zero attached hydrogens (tertiary/aromatic N) is 2. The molecule has 0 unspecified atom stereocenters. The van der Waals surface area contributed by atoms with E-state index in [1.807, 2.05) is 91.0 Å². The fourth-order valence-corrected chi connectivity index (χ4v) is 4.29. The maximum atomic E-state index is 13.4. The molecule has 4 nitrogen and oxygen atoms in total. The molecule has 4 aromatic rings. The van der Waals surface area contributed by atoms with Crippen molar-refractivity contribution in [2.45, 2.75) is 6.61 Å². The molecule has 172 valence electrons. The molecular formula is C29H20BrFN2O2. The minimum atomic E-state index is -0.297. The fraction of sp³-hybridized carbons (Fsp3) is 0.0345. The van der Waals surface area contributed by atoms with E-state index in [-0.39, 0.29) is 18.3 Å². The number of halogens is 2. The van der Waals surface area contributed by atoms with Gasteiger partial charge >= 0.3 is 0 Å². The predicted octanol–water partition coefficient (Wildman–Crippen LogP) is 7.00. The summed E-state index contributed by atoms with van der Waals surface area (Å²) in [4.78, 5) is 13.4. The van der Waals surface area contributed by atoms with E-state index >= 15 is 0 Å². The number of para-hydroxylation sites is 1. The molecule has 1 amide bonds. The van der Waals surface area contributed by atoms with Crippen molar-refractivity contribution in [3.05, 3.63) is 136 Å². The highest BCUT2D eigenvalue weighted by Gasteiger charge is 2.31. The highest BCUT2D eigenvalue weighted by molar-refractivity contribution is 9.10. The van der Waals surface area contributed by atoms with Gasteiger partial charge in [-0.1, -0.05) is 66.7 Å². The van der Waals surface area contributed by atoms with E-state index in [2.05, 4.69) is 21.0 Å². The third-order valence-electron chi connectivity index (χ3n) is 5.48. The number of ether oxygens (including phenoxy) is 1. The number of hydrazone groups is 1. The van der Waals surface area contributed by atoms with Crippen LogP contribution in [0.15, 0.2) is 118 Å². The zero-order valence-corrected chi connectivity index (χ0v) is 20.2. The lowest BCUT2D eigenvalue weighted by Crippen LogP contribution is -2.21. The maximum absolute atomic E-state index is 13.4. The van der Waals surface area contributed by atoms with Crippen LogP contribution in [0.1, 0.15) is 16.7 Å². The van der Waals surface area contributed by atoms with E-state index in [0.717, 1.165) is 21.2 Å². The summed E-state index contributed by atoms with van der Waals surface area (Å²) in [5.74, 6) is 0.128. The van der Waals surface area contributed by atoms with Crippen LogP contribution in [0, 0.1) is 5.82 Å². The summed E-state index contributed by atoms with van der Waals surface area (Å²) >= 11 is 3.55. The highest BCUT2D eigenvalue weighted by atomic mass is 79.9. The number of benzene rings is 4. The van der Waals surface area contributed by atoms with Crippen molar-refractivity contribution >= 4 is 39.3 Å². The Bertz CT molecular complexity index is 1440. The van der Waals surface area contributed by atoms with E-state index < -0.39 is 0 Å². The van der Waals surface area contributed by atoms with E-state index in [4.69, 9.17) is 4.74 Å². The lowest BCUT2D eigenvalue weighted by Gasteiger charge is -2.11. The summed E-state index contributed by atoms with van der Waals surface area (Å²) < 4.78 is 20.0. The molecule has 1 heterocycles. The van der Waals surface area contributed by atoms with Gasteiger partial charge in [-0.05, 0) is 69.5 Å². The second-order valence-electron chi connectivity index (χ2n) is 7.93. The minimum absolute atomic E-state index is 0.197. The average molecular weight is 527 g/mol. The molecule has 1 aliphatic heterocycles. The topological polar surface area (TPSA) is 41.9 Å². The highest BCUT2D eigenvalue weighted by Crippen LogP contribution is 2.31. The van der Waals surface area contributed by atoms with Crippen LogP contribution in [0.4, 0.5) is 10.1 Å². The first-order chi connectivity index (χ1) is 17.1. The first kappa shape index (κ1) is 22.7. The van der Waals surface area contributed by atoms with Gasteiger partial charge in [0.2, 0.25) is 0 Å². The van der Waals surface area contributed by atoms with Gasteiger partial charge in [0.25, 0.3) is 5.91 Å². The van der Waals surface area contributed by atoms with Gasteiger partial charge < -0.3 is 4.74 Å². The summed E-state index contributed by atoms with van der Waals surface area (Å²) in [5, 5.41) is 6.09. The van der Waals surface area contributed by atoms with Crippen molar-refractivity contribution in [1.29, 1.82) is 0 Å². The Hall–Kier alpha value is -4.03. The molecule has 0 saturated carbocycles. The maximum Gasteiger partial charge on any atom is 0.281 e. The predicted molar refractivity (Wildman–Crippen MR) is 140 cm³/mol. The van der Waals surface area contributed by atoms with Crippen molar-refractivity contribution in [3.63, 3.8) is 0 Å². The Labute approximate surface area is 211 Å². The molecule has 0 atom stereocenters. The lowest BCUT2D eigenvalue weighted by molar-refractivity contribution is -0.114. The number of rotatable bonds is 6. The molecule has 4 aromatic carbocycles. The number of hydrogen-bond acceptors (Lipinski definition) is 3. The van der Waals surface area contributed by atoms with Crippen LogP contribution in [0.2, 0.25) is 0 Å². The van der Waals surface area contributed by atoms with Gasteiger partial charge in [-0.25, -0.2) is 4.39 Å². The van der Waals surface area contributed by atoms with Crippen LogP contribution in [0.3, 0.4) is 0 Å². The van der Waals surface area contributed by atoms with Crippen LogP contribution >= 0.6 is 15.9 Å². The molecule has 0 radical (unpaired) electrons. The van der Waals surface area contributed by atoms with Crippen molar-refractivity contribution in [2.24, 2.45) is 5.10 Å². The van der Waals surface area contributed by atoms with Crippen molar-refractivity contribution in [1.82, 2.24) is 0 Å². The summed E-state index contributed by atoms with van der Waals surface area (Å²) in [6.07, 6.45) is 1.83. The number of anilines is 1. The Morgan fingerprint density at radius 2 is 1.63 bits per heavy atom. The molecule has 1 aliphatic rings. The Balaban J connectivity index is 1.44. The molecular weight excluding hydrogens is 507 g/mol. The molecule has 0 bridgehead atoms. The molecule has 35 heavy (non-hydrogen) atoms. The van der Waals surface area contributed by atoms with Gasteiger partial charge in [0.15, 0.2) is 0 Å². The minimum Gasteiger partial charge on any atom is -0.488 e. The van der Waals surface area contributed by atoms with Crippen LogP contribution < -0.4 is 9.75 Å². The van der Waals surface area contributed by atoms with Crippen LogP contribution in [0.5, 0.6) is 5.75 Å². The van der Waals surface area contributed by atoms with Crippen molar-refractivity contribution in [2.75, 3.05) is 5.01 Å². The Morgan fingerprint density at radius 3 is 2.34 bits per heavy atom. The Kier molecular flexibility index (Phi) is 6.55. The van der Waals surface area contributed by atoms with E-state index in [1.165, 1.54) is 17.1 Å². The zero-order chi connectivity index (χ0) is 24.2. The van der Waals surface area contributed by atoms with Crippen LogP contribution in [-0.4, -0.2) is 11.6 Å². The molecule has 6 heteroatoms. The number of amides is 1. The number of carbonyl (C=O) groups is 1.